The van der Waals surface area contributed by atoms with Crippen molar-refractivity contribution in [3.05, 3.63) is 0 Å². The summed E-state index contributed by atoms with van der Waals surface area (Å²) >= 11 is 0. The van der Waals surface area contributed by atoms with Gasteiger partial charge in [0.05, 0.1) is 6.61 Å². The molecule has 2 rings (SSSR count). The Labute approximate surface area is 132 Å². The second-order valence-corrected chi connectivity index (χ2v) is 7.41. The van der Waals surface area contributed by atoms with Gasteiger partial charge in [-0.3, -0.25) is 4.79 Å². The number of fused-ring (bicyclic) bond motifs is 2. The van der Waals surface area contributed by atoms with Crippen molar-refractivity contribution < 1.29 is 19.1 Å². The van der Waals surface area contributed by atoms with Gasteiger partial charge in [-0.2, -0.15) is 0 Å². The van der Waals surface area contributed by atoms with Crippen LogP contribution >= 0.6 is 0 Å². The number of hydrogen-bond donors (Lipinski definition) is 1. The number of ether oxygens (including phenoxy) is 2. The molecule has 126 valence electrons. The van der Waals surface area contributed by atoms with Gasteiger partial charge in [0.1, 0.15) is 11.1 Å². The Bertz CT molecular complexity index is 430. The van der Waals surface area contributed by atoms with Crippen molar-refractivity contribution in [1.82, 2.24) is 4.90 Å². The maximum absolute atomic E-state index is 12.5. The number of piperidine rings is 2. The molecule has 2 aliphatic heterocycles. The highest BCUT2D eigenvalue weighted by Crippen LogP contribution is 2.39. The molecule has 2 bridgehead atoms. The summed E-state index contributed by atoms with van der Waals surface area (Å²) in [7, 11) is 0. The van der Waals surface area contributed by atoms with E-state index in [0.29, 0.717) is 19.4 Å². The molecule has 0 aliphatic carbocycles. The van der Waals surface area contributed by atoms with E-state index >= 15 is 0 Å². The lowest BCUT2D eigenvalue weighted by Gasteiger charge is -2.51. The molecule has 2 fully saturated rings. The van der Waals surface area contributed by atoms with Gasteiger partial charge in [0.25, 0.3) is 0 Å². The zero-order valence-electron chi connectivity index (χ0n) is 14.1. The van der Waals surface area contributed by atoms with E-state index in [1.807, 2.05) is 20.8 Å². The third-order valence-electron chi connectivity index (χ3n) is 4.35. The Morgan fingerprint density at radius 2 is 1.77 bits per heavy atom. The van der Waals surface area contributed by atoms with Gasteiger partial charge in [0.2, 0.25) is 0 Å². The number of esters is 1. The largest absolute Gasteiger partial charge is 0.465 e. The lowest BCUT2D eigenvalue weighted by molar-refractivity contribution is -0.154. The van der Waals surface area contributed by atoms with Crippen molar-refractivity contribution in [2.45, 2.75) is 83.0 Å². The van der Waals surface area contributed by atoms with E-state index in [4.69, 9.17) is 15.2 Å². The Hall–Kier alpha value is -1.30. The number of carbonyl (C=O) groups excluding carboxylic acids is 2. The molecule has 2 N–H and O–H groups in total. The molecule has 0 aromatic carbocycles. The van der Waals surface area contributed by atoms with Gasteiger partial charge >= 0.3 is 12.1 Å². The number of rotatable bonds is 2. The van der Waals surface area contributed by atoms with Crippen molar-refractivity contribution in [3.8, 4) is 0 Å². The van der Waals surface area contributed by atoms with Gasteiger partial charge in [0.15, 0.2) is 0 Å². The molecule has 2 saturated heterocycles. The first-order chi connectivity index (χ1) is 10.2. The molecule has 0 radical (unpaired) electrons. The Kier molecular flexibility index (Phi) is 4.70. The Balaban J connectivity index is 2.14. The number of hydrogen-bond acceptors (Lipinski definition) is 5. The number of nitrogens with two attached hydrogens (primary N) is 1. The lowest BCUT2D eigenvalue weighted by Crippen LogP contribution is -2.66. The third kappa shape index (κ3) is 3.54. The monoisotopic (exact) mass is 312 g/mol. The zero-order valence-corrected chi connectivity index (χ0v) is 14.1. The van der Waals surface area contributed by atoms with Crippen LogP contribution in [0.3, 0.4) is 0 Å². The molecule has 0 aromatic rings. The molecule has 6 heteroatoms. The van der Waals surface area contributed by atoms with Crippen LogP contribution in [0.15, 0.2) is 0 Å². The van der Waals surface area contributed by atoms with Crippen LogP contribution in [0.5, 0.6) is 0 Å². The van der Waals surface area contributed by atoms with E-state index in [0.717, 1.165) is 19.3 Å². The molecule has 2 unspecified atom stereocenters. The molecular formula is C16H28N2O4. The van der Waals surface area contributed by atoms with Crippen molar-refractivity contribution in [3.63, 3.8) is 0 Å². The van der Waals surface area contributed by atoms with E-state index in [2.05, 4.69) is 0 Å². The predicted molar refractivity (Wildman–Crippen MR) is 82.3 cm³/mol. The molecule has 2 heterocycles. The van der Waals surface area contributed by atoms with E-state index in [1.165, 1.54) is 0 Å². The fraction of sp³-hybridized carbons (Fsp3) is 0.875. The summed E-state index contributed by atoms with van der Waals surface area (Å²) in [5.74, 6) is -0.351. The summed E-state index contributed by atoms with van der Waals surface area (Å²) in [5, 5.41) is 0. The van der Waals surface area contributed by atoms with Crippen LogP contribution in [0.4, 0.5) is 4.79 Å². The average molecular weight is 312 g/mol. The molecule has 0 aromatic heterocycles. The average Bonchev–Trinajstić information content (AvgIpc) is 2.35. The van der Waals surface area contributed by atoms with E-state index in [9.17, 15) is 9.59 Å². The summed E-state index contributed by atoms with van der Waals surface area (Å²) < 4.78 is 10.6. The standard InChI is InChI=1S/C16H28N2O4/c1-5-21-13(19)16(17)9-11-7-6-8-12(10-16)18(11)14(20)22-15(2,3)4/h11-12H,5-10,17H2,1-4H3. The van der Waals surface area contributed by atoms with Gasteiger partial charge in [0, 0.05) is 12.1 Å². The lowest BCUT2D eigenvalue weighted by atomic mass is 9.74. The summed E-state index contributed by atoms with van der Waals surface area (Å²) in [6, 6.07) is -0.0893. The third-order valence-corrected chi connectivity index (χ3v) is 4.35. The van der Waals surface area contributed by atoms with Crippen molar-refractivity contribution in [1.29, 1.82) is 0 Å². The second kappa shape index (κ2) is 6.07. The van der Waals surface area contributed by atoms with Crippen LogP contribution in [0.1, 0.15) is 59.8 Å². The zero-order chi connectivity index (χ0) is 16.5. The van der Waals surface area contributed by atoms with Crippen LogP contribution in [0, 0.1) is 0 Å². The maximum Gasteiger partial charge on any atom is 0.410 e. The van der Waals surface area contributed by atoms with Crippen molar-refractivity contribution in [2.24, 2.45) is 5.73 Å². The maximum atomic E-state index is 12.5. The Morgan fingerprint density at radius 3 is 2.23 bits per heavy atom. The first-order valence-corrected chi connectivity index (χ1v) is 8.14. The SMILES string of the molecule is CCOC(=O)C1(N)CC2CCCC(C1)N2C(=O)OC(C)(C)C. The van der Waals surface area contributed by atoms with E-state index < -0.39 is 11.1 Å². The summed E-state index contributed by atoms with van der Waals surface area (Å²) in [4.78, 5) is 26.5. The topological polar surface area (TPSA) is 81.9 Å². The predicted octanol–water partition coefficient (Wildman–Crippen LogP) is 2.20. The molecule has 0 saturated carbocycles. The van der Waals surface area contributed by atoms with Gasteiger partial charge in [-0.15, -0.1) is 0 Å². The molecule has 1 amide bonds. The summed E-state index contributed by atoms with van der Waals surface area (Å²) in [5.41, 5.74) is 4.81. The minimum absolute atomic E-state index is 0.0447. The van der Waals surface area contributed by atoms with E-state index in [1.54, 1.807) is 11.8 Å². The normalized spacial score (nSPS) is 31.6. The van der Waals surface area contributed by atoms with Crippen molar-refractivity contribution >= 4 is 12.1 Å². The van der Waals surface area contributed by atoms with Crippen LogP contribution < -0.4 is 5.73 Å². The second-order valence-electron chi connectivity index (χ2n) is 7.41. The number of amides is 1. The summed E-state index contributed by atoms with van der Waals surface area (Å²) in [6.07, 6.45) is 3.35. The fourth-order valence-corrected chi connectivity index (χ4v) is 3.54. The highest BCUT2D eigenvalue weighted by Gasteiger charge is 2.51. The van der Waals surface area contributed by atoms with E-state index in [-0.39, 0.29) is 24.1 Å². The molecule has 6 nitrogen and oxygen atoms in total. The number of carbonyl (C=O) groups is 2. The fourth-order valence-electron chi connectivity index (χ4n) is 3.54. The van der Waals surface area contributed by atoms with Gasteiger partial charge in [-0.05, 0) is 59.8 Å². The van der Waals surface area contributed by atoms with Gasteiger partial charge in [-0.1, -0.05) is 0 Å². The molecule has 0 spiro atoms. The highest BCUT2D eigenvalue weighted by molar-refractivity contribution is 5.81. The van der Waals surface area contributed by atoms with Crippen LogP contribution in [0.2, 0.25) is 0 Å². The first kappa shape index (κ1) is 17.1. The van der Waals surface area contributed by atoms with Gasteiger partial charge in [-0.25, -0.2) is 4.79 Å². The van der Waals surface area contributed by atoms with Crippen LogP contribution in [-0.4, -0.2) is 46.8 Å². The molecular weight excluding hydrogens is 284 g/mol. The minimum atomic E-state index is -0.982. The highest BCUT2D eigenvalue weighted by atomic mass is 16.6. The van der Waals surface area contributed by atoms with Crippen molar-refractivity contribution in [2.75, 3.05) is 6.61 Å². The quantitative estimate of drug-likeness (QED) is 0.790. The molecule has 22 heavy (non-hydrogen) atoms. The Morgan fingerprint density at radius 1 is 1.23 bits per heavy atom. The van der Waals surface area contributed by atoms with Crippen LogP contribution in [0.25, 0.3) is 0 Å². The molecule has 2 aliphatic rings. The summed E-state index contributed by atoms with van der Waals surface area (Å²) in [6.45, 7) is 7.67. The number of nitrogens with zero attached hydrogens (tertiary/aromatic N) is 1. The minimum Gasteiger partial charge on any atom is -0.465 e. The first-order valence-electron chi connectivity index (χ1n) is 8.14. The smallest absolute Gasteiger partial charge is 0.410 e. The van der Waals surface area contributed by atoms with Crippen LogP contribution in [-0.2, 0) is 14.3 Å². The van der Waals surface area contributed by atoms with Gasteiger partial charge < -0.3 is 20.1 Å². The molecule has 2 atom stereocenters.